The summed E-state index contributed by atoms with van der Waals surface area (Å²) in [6.07, 6.45) is 3.43. The van der Waals surface area contributed by atoms with Gasteiger partial charge in [-0.3, -0.25) is 20.8 Å². The van der Waals surface area contributed by atoms with E-state index in [0.717, 1.165) is 22.5 Å². The number of nitrogens with one attached hydrogen (secondary N) is 2. The van der Waals surface area contributed by atoms with Gasteiger partial charge in [-0.25, -0.2) is 0 Å². The number of hydrazone groups is 2. The molecule has 188 valence electrons. The molecule has 0 aliphatic rings. The molecule has 0 unspecified atom stereocenters. The number of benzene rings is 2. The van der Waals surface area contributed by atoms with Gasteiger partial charge in [0.15, 0.2) is 10.2 Å². The van der Waals surface area contributed by atoms with Gasteiger partial charge < -0.3 is 11.5 Å². The van der Waals surface area contributed by atoms with E-state index >= 15 is 0 Å². The van der Waals surface area contributed by atoms with Crippen LogP contribution >= 0.6 is 24.4 Å². The Labute approximate surface area is 236 Å². The molecule has 8 nitrogen and oxygen atoms in total. The van der Waals surface area contributed by atoms with E-state index in [0.29, 0.717) is 11.4 Å². The number of nitrogens with zero attached hydrogens (tertiary/aromatic N) is 4. The van der Waals surface area contributed by atoms with Crippen LogP contribution in [0.3, 0.4) is 0 Å². The Kier molecular flexibility index (Phi) is 12.5. The Morgan fingerprint density at radius 3 is 1.22 bits per heavy atom. The zero-order chi connectivity index (χ0) is 25.6. The molecule has 37 heavy (non-hydrogen) atoms. The van der Waals surface area contributed by atoms with Gasteiger partial charge in [0.2, 0.25) is 0 Å². The zero-order valence-electron chi connectivity index (χ0n) is 19.5. The van der Waals surface area contributed by atoms with Crippen molar-refractivity contribution in [2.45, 2.75) is 0 Å². The number of pyridine rings is 2. The first kappa shape index (κ1) is 29.2. The molecule has 2 heterocycles. The molecule has 4 aromatic rings. The quantitative estimate of drug-likeness (QED) is 0.120. The van der Waals surface area contributed by atoms with Crippen molar-refractivity contribution in [2.75, 3.05) is 0 Å². The molecule has 0 aliphatic heterocycles. The molecule has 0 bridgehead atoms. The van der Waals surface area contributed by atoms with E-state index in [9.17, 15) is 0 Å². The van der Waals surface area contributed by atoms with Gasteiger partial charge in [0.05, 0.1) is 11.4 Å². The SMILES string of the molecule is NC(=S)NN=C(c1ccccc1)c1ccccn1.NC(=S)NN=C(c1ccccc1)c1ccccn1.[Ni+2]. The van der Waals surface area contributed by atoms with E-state index in [-0.39, 0.29) is 26.7 Å². The van der Waals surface area contributed by atoms with E-state index in [2.05, 4.69) is 31.0 Å². The van der Waals surface area contributed by atoms with Crippen LogP contribution in [0, 0.1) is 0 Å². The van der Waals surface area contributed by atoms with Crippen LogP contribution in [-0.2, 0) is 16.5 Å². The fraction of sp³-hybridized carbons (Fsp3) is 0. The number of rotatable bonds is 6. The summed E-state index contributed by atoms with van der Waals surface area (Å²) in [5, 5.41) is 8.65. The summed E-state index contributed by atoms with van der Waals surface area (Å²) in [6, 6.07) is 30.7. The second-order valence-corrected chi connectivity index (χ2v) is 7.91. The Hall–Kier alpha value is -4.05. The van der Waals surface area contributed by atoms with Crippen molar-refractivity contribution in [3.8, 4) is 0 Å². The molecule has 0 fully saturated rings. The van der Waals surface area contributed by atoms with Crippen LogP contribution in [-0.4, -0.2) is 31.6 Å². The number of hydrogen-bond acceptors (Lipinski definition) is 6. The largest absolute Gasteiger partial charge is 2.00 e. The van der Waals surface area contributed by atoms with Crippen LogP contribution in [0.2, 0.25) is 0 Å². The van der Waals surface area contributed by atoms with E-state index in [4.69, 9.17) is 35.9 Å². The minimum atomic E-state index is 0. The maximum absolute atomic E-state index is 5.39. The summed E-state index contributed by atoms with van der Waals surface area (Å²) < 4.78 is 0. The number of nitrogens with two attached hydrogens (primary N) is 2. The average Bonchev–Trinajstić information content (AvgIpc) is 2.91. The van der Waals surface area contributed by atoms with Crippen LogP contribution in [0.4, 0.5) is 0 Å². The molecule has 0 spiro atoms. The van der Waals surface area contributed by atoms with Crippen LogP contribution in [0.15, 0.2) is 120 Å². The van der Waals surface area contributed by atoms with Gasteiger partial charge in [-0.2, -0.15) is 10.2 Å². The first-order valence-corrected chi connectivity index (χ1v) is 11.6. The molecular formula is C26H24N8NiS2+2. The van der Waals surface area contributed by atoms with Crippen LogP contribution in [0.25, 0.3) is 0 Å². The molecule has 0 saturated carbocycles. The molecule has 6 N–H and O–H groups in total. The first-order valence-electron chi connectivity index (χ1n) is 10.7. The standard InChI is InChI=1S/2C13H12N4S.Ni/c2*14-13(18)17-16-12(10-6-2-1-3-7-10)11-8-4-5-9-15-11;/h2*1-9H,(H3,14,17,18);/q;;+2. The van der Waals surface area contributed by atoms with Crippen molar-refractivity contribution in [3.63, 3.8) is 0 Å². The van der Waals surface area contributed by atoms with E-state index in [1.807, 2.05) is 97.1 Å². The molecule has 2 aromatic heterocycles. The second-order valence-electron chi connectivity index (χ2n) is 7.03. The van der Waals surface area contributed by atoms with Crippen molar-refractivity contribution in [1.82, 2.24) is 20.8 Å². The van der Waals surface area contributed by atoms with E-state index in [1.165, 1.54) is 0 Å². The van der Waals surface area contributed by atoms with Gasteiger partial charge in [-0.05, 0) is 48.7 Å². The summed E-state index contributed by atoms with van der Waals surface area (Å²) >= 11 is 9.51. The molecule has 0 aliphatic carbocycles. The van der Waals surface area contributed by atoms with Crippen LogP contribution in [0.1, 0.15) is 22.5 Å². The van der Waals surface area contributed by atoms with Gasteiger partial charge in [0, 0.05) is 23.5 Å². The van der Waals surface area contributed by atoms with Crippen molar-refractivity contribution in [3.05, 3.63) is 132 Å². The van der Waals surface area contributed by atoms with Crippen molar-refractivity contribution < 1.29 is 16.5 Å². The van der Waals surface area contributed by atoms with Crippen molar-refractivity contribution >= 4 is 46.1 Å². The minimum Gasteiger partial charge on any atom is -0.375 e. The van der Waals surface area contributed by atoms with E-state index in [1.54, 1.807) is 12.4 Å². The fourth-order valence-electron chi connectivity index (χ4n) is 2.96. The maximum atomic E-state index is 5.39. The summed E-state index contributed by atoms with van der Waals surface area (Å²) in [4.78, 5) is 8.56. The van der Waals surface area contributed by atoms with Gasteiger partial charge in [0.1, 0.15) is 11.4 Å². The molecule has 4 rings (SSSR count). The Morgan fingerprint density at radius 1 is 0.568 bits per heavy atom. The second kappa shape index (κ2) is 15.8. The van der Waals surface area contributed by atoms with Gasteiger partial charge >= 0.3 is 16.5 Å². The maximum Gasteiger partial charge on any atom is 2.00 e. The Bertz CT molecular complexity index is 1130. The molecule has 0 amide bonds. The Morgan fingerprint density at radius 2 is 0.919 bits per heavy atom. The summed E-state index contributed by atoms with van der Waals surface area (Å²) in [5.41, 5.74) is 20.8. The van der Waals surface area contributed by atoms with Crippen molar-refractivity contribution in [1.29, 1.82) is 0 Å². The van der Waals surface area contributed by atoms with Crippen LogP contribution in [0.5, 0.6) is 0 Å². The Balaban J connectivity index is 0.000000253. The van der Waals surface area contributed by atoms with Gasteiger partial charge in [-0.15, -0.1) is 0 Å². The van der Waals surface area contributed by atoms with Crippen LogP contribution < -0.4 is 22.3 Å². The number of hydrogen-bond donors (Lipinski definition) is 4. The third-order valence-corrected chi connectivity index (χ3v) is 4.65. The smallest absolute Gasteiger partial charge is 0.375 e. The first-order chi connectivity index (χ1) is 17.5. The predicted molar refractivity (Wildman–Crippen MR) is 152 cm³/mol. The summed E-state index contributed by atoms with van der Waals surface area (Å²) in [6.45, 7) is 0. The minimum absolute atomic E-state index is 0. The summed E-state index contributed by atoms with van der Waals surface area (Å²) in [5.74, 6) is 0. The van der Waals surface area contributed by atoms with Gasteiger partial charge in [-0.1, -0.05) is 72.8 Å². The van der Waals surface area contributed by atoms with Gasteiger partial charge in [0.25, 0.3) is 0 Å². The number of aromatic nitrogens is 2. The third kappa shape index (κ3) is 9.85. The van der Waals surface area contributed by atoms with Crippen molar-refractivity contribution in [2.24, 2.45) is 21.7 Å². The third-order valence-electron chi connectivity index (χ3n) is 4.47. The number of thiocarbonyl (C=S) groups is 2. The normalized spacial score (nSPS) is 10.7. The van der Waals surface area contributed by atoms with E-state index < -0.39 is 0 Å². The zero-order valence-corrected chi connectivity index (χ0v) is 22.1. The molecular weight excluding hydrogens is 547 g/mol. The average molecular weight is 571 g/mol. The molecule has 2 aromatic carbocycles. The topological polar surface area (TPSA) is 127 Å². The molecule has 0 saturated heterocycles. The summed E-state index contributed by atoms with van der Waals surface area (Å²) in [7, 11) is 0. The molecule has 0 radical (unpaired) electrons. The molecule has 11 heteroatoms. The monoisotopic (exact) mass is 570 g/mol. The molecule has 0 atom stereocenters. The predicted octanol–water partition coefficient (Wildman–Crippen LogP) is 3.33. The fourth-order valence-corrected chi connectivity index (χ4v) is 3.05.